The zero-order valence-electron chi connectivity index (χ0n) is 11.0. The smallest absolute Gasteiger partial charge is 0.328 e. The first-order valence-corrected chi connectivity index (χ1v) is 6.43. The van der Waals surface area contributed by atoms with Crippen LogP contribution in [0.15, 0.2) is 0 Å². The Morgan fingerprint density at radius 1 is 1.37 bits per heavy atom. The zero-order valence-corrected chi connectivity index (χ0v) is 11.8. The molecule has 0 aliphatic heterocycles. The van der Waals surface area contributed by atoms with Crippen molar-refractivity contribution in [2.24, 2.45) is 0 Å². The normalized spacial score (nSPS) is 13.5. The number of nitrogens with zero attached hydrogens (tertiary/aromatic N) is 6. The molecule has 9 heteroatoms. The van der Waals surface area contributed by atoms with Crippen LogP contribution < -0.4 is 0 Å². The van der Waals surface area contributed by atoms with Crippen LogP contribution in [0.5, 0.6) is 0 Å². The van der Waals surface area contributed by atoms with E-state index in [-0.39, 0.29) is 5.41 Å². The topological polar surface area (TPSA) is 107 Å². The maximum absolute atomic E-state index is 11.1. The lowest BCUT2D eigenvalue weighted by Gasteiger charge is -2.16. The molecule has 102 valence electrons. The number of tetrazole rings is 1. The number of aromatic nitrogens is 6. The summed E-state index contributed by atoms with van der Waals surface area (Å²) in [4.78, 5) is 11.8. The van der Waals surface area contributed by atoms with E-state index in [1.165, 1.54) is 11.6 Å². The second kappa shape index (κ2) is 4.65. The minimum Gasteiger partial charge on any atom is -0.480 e. The second-order valence-electron chi connectivity index (χ2n) is 5.16. The Balaban J connectivity index is 2.53. The van der Waals surface area contributed by atoms with Crippen LogP contribution in [0.25, 0.3) is 10.7 Å². The molecule has 0 amide bonds. The van der Waals surface area contributed by atoms with Crippen molar-refractivity contribution in [2.45, 2.75) is 39.2 Å². The SMILES string of the molecule is CC(C(=O)O)n1nnnc1-c1snnc1C(C)(C)C. The first-order valence-electron chi connectivity index (χ1n) is 5.66. The minimum absolute atomic E-state index is 0.217. The maximum atomic E-state index is 11.1. The van der Waals surface area contributed by atoms with Gasteiger partial charge in [0.05, 0.1) is 5.69 Å². The third kappa shape index (κ3) is 2.46. The summed E-state index contributed by atoms with van der Waals surface area (Å²) in [5, 5.41) is 24.4. The van der Waals surface area contributed by atoms with Crippen molar-refractivity contribution in [3.63, 3.8) is 0 Å². The molecule has 0 aliphatic carbocycles. The Morgan fingerprint density at radius 3 is 2.63 bits per heavy atom. The van der Waals surface area contributed by atoms with Gasteiger partial charge in [0, 0.05) is 5.41 Å². The van der Waals surface area contributed by atoms with Crippen molar-refractivity contribution >= 4 is 17.5 Å². The molecule has 19 heavy (non-hydrogen) atoms. The summed E-state index contributed by atoms with van der Waals surface area (Å²) in [6.07, 6.45) is 0. The number of aliphatic carboxylic acids is 1. The highest BCUT2D eigenvalue weighted by Crippen LogP contribution is 2.33. The average Bonchev–Trinajstić information content (AvgIpc) is 2.94. The molecule has 0 saturated carbocycles. The summed E-state index contributed by atoms with van der Waals surface area (Å²) in [6, 6.07) is -0.847. The lowest BCUT2D eigenvalue weighted by atomic mass is 9.91. The standard InChI is InChI=1S/C10H14N6O2S/c1-5(9(17)18)16-8(12-13-14-16)6-7(10(2,3)4)11-15-19-6/h5H,1-4H3,(H,17,18). The van der Waals surface area contributed by atoms with E-state index in [1.54, 1.807) is 0 Å². The van der Waals surface area contributed by atoms with E-state index in [2.05, 4.69) is 25.1 Å². The van der Waals surface area contributed by atoms with Crippen molar-refractivity contribution in [3.05, 3.63) is 5.69 Å². The molecule has 2 rings (SSSR count). The summed E-state index contributed by atoms with van der Waals surface area (Å²) >= 11 is 1.16. The van der Waals surface area contributed by atoms with Crippen LogP contribution in [0.2, 0.25) is 0 Å². The van der Waals surface area contributed by atoms with Crippen LogP contribution in [0.4, 0.5) is 0 Å². The number of carboxylic acids is 1. The molecule has 1 N–H and O–H groups in total. The quantitative estimate of drug-likeness (QED) is 0.899. The highest BCUT2D eigenvalue weighted by molar-refractivity contribution is 7.09. The molecular formula is C10H14N6O2S. The Labute approximate surface area is 113 Å². The summed E-state index contributed by atoms with van der Waals surface area (Å²) in [6.45, 7) is 7.53. The van der Waals surface area contributed by atoms with Gasteiger partial charge < -0.3 is 5.11 Å². The molecule has 2 heterocycles. The van der Waals surface area contributed by atoms with Crippen molar-refractivity contribution in [1.82, 2.24) is 29.8 Å². The predicted octanol–water partition coefficient (Wildman–Crippen LogP) is 1.13. The molecule has 0 radical (unpaired) electrons. The first-order chi connectivity index (χ1) is 8.82. The number of carboxylic acid groups (broad SMARTS) is 1. The van der Waals surface area contributed by atoms with Gasteiger partial charge in [-0.05, 0) is 28.9 Å². The van der Waals surface area contributed by atoms with Crippen molar-refractivity contribution < 1.29 is 9.90 Å². The van der Waals surface area contributed by atoms with Crippen LogP contribution in [-0.4, -0.2) is 40.9 Å². The van der Waals surface area contributed by atoms with Gasteiger partial charge in [0.1, 0.15) is 4.88 Å². The summed E-state index contributed by atoms with van der Waals surface area (Å²) in [5.41, 5.74) is 0.539. The molecule has 0 bridgehead atoms. The fourth-order valence-corrected chi connectivity index (χ4v) is 2.39. The van der Waals surface area contributed by atoms with Crippen molar-refractivity contribution in [1.29, 1.82) is 0 Å². The molecule has 8 nitrogen and oxygen atoms in total. The summed E-state index contributed by atoms with van der Waals surface area (Å²) < 4.78 is 5.20. The second-order valence-corrected chi connectivity index (χ2v) is 5.92. The molecule has 1 unspecified atom stereocenters. The van der Waals surface area contributed by atoms with E-state index in [1.807, 2.05) is 20.8 Å². The van der Waals surface area contributed by atoms with E-state index < -0.39 is 12.0 Å². The molecule has 0 aliphatic rings. The molecule has 0 fully saturated rings. The van der Waals surface area contributed by atoms with E-state index in [4.69, 9.17) is 5.11 Å². The molecule has 1 atom stereocenters. The number of hydrogen-bond acceptors (Lipinski definition) is 7. The average molecular weight is 282 g/mol. The molecule has 2 aromatic heterocycles. The molecule has 0 aromatic carbocycles. The van der Waals surface area contributed by atoms with Crippen LogP contribution in [-0.2, 0) is 10.2 Å². The van der Waals surface area contributed by atoms with Gasteiger partial charge in [-0.25, -0.2) is 9.48 Å². The fourth-order valence-electron chi connectivity index (χ4n) is 1.54. The van der Waals surface area contributed by atoms with Crippen LogP contribution in [0, 0.1) is 0 Å². The Morgan fingerprint density at radius 2 is 2.05 bits per heavy atom. The summed E-state index contributed by atoms with van der Waals surface area (Å²) in [5.74, 6) is -0.613. The Kier molecular flexibility index (Phi) is 3.31. The minimum atomic E-state index is -0.997. The number of rotatable bonds is 3. The van der Waals surface area contributed by atoms with Crippen LogP contribution in [0.3, 0.4) is 0 Å². The van der Waals surface area contributed by atoms with E-state index in [0.717, 1.165) is 17.2 Å². The molecule has 0 saturated heterocycles. The third-order valence-electron chi connectivity index (χ3n) is 2.62. The molecule has 0 spiro atoms. The molecule has 2 aromatic rings. The molecular weight excluding hydrogens is 268 g/mol. The van der Waals surface area contributed by atoms with Crippen molar-refractivity contribution in [3.8, 4) is 10.7 Å². The number of hydrogen-bond donors (Lipinski definition) is 1. The van der Waals surface area contributed by atoms with Gasteiger partial charge in [0.25, 0.3) is 0 Å². The van der Waals surface area contributed by atoms with Gasteiger partial charge in [0.15, 0.2) is 11.9 Å². The lowest BCUT2D eigenvalue weighted by Crippen LogP contribution is -2.19. The van der Waals surface area contributed by atoms with E-state index in [9.17, 15) is 4.79 Å². The highest BCUT2D eigenvalue weighted by atomic mass is 32.1. The highest BCUT2D eigenvalue weighted by Gasteiger charge is 2.28. The number of carbonyl (C=O) groups is 1. The van der Waals surface area contributed by atoms with E-state index in [0.29, 0.717) is 10.7 Å². The third-order valence-corrected chi connectivity index (χ3v) is 3.34. The van der Waals surface area contributed by atoms with E-state index >= 15 is 0 Å². The Hall–Kier alpha value is -1.90. The van der Waals surface area contributed by atoms with Gasteiger partial charge in [-0.2, -0.15) is 0 Å². The largest absolute Gasteiger partial charge is 0.480 e. The zero-order chi connectivity index (χ0) is 14.2. The predicted molar refractivity (Wildman–Crippen MR) is 67.8 cm³/mol. The fraction of sp³-hybridized carbons (Fsp3) is 0.600. The van der Waals surface area contributed by atoms with Crippen LogP contribution >= 0.6 is 11.5 Å². The monoisotopic (exact) mass is 282 g/mol. The van der Waals surface area contributed by atoms with Gasteiger partial charge >= 0.3 is 5.97 Å². The van der Waals surface area contributed by atoms with Gasteiger partial charge in [0.2, 0.25) is 0 Å². The van der Waals surface area contributed by atoms with Gasteiger partial charge in [-0.1, -0.05) is 25.3 Å². The van der Waals surface area contributed by atoms with Crippen LogP contribution in [0.1, 0.15) is 39.4 Å². The summed E-state index contributed by atoms with van der Waals surface area (Å²) in [7, 11) is 0. The Bertz CT molecular complexity index is 599. The maximum Gasteiger partial charge on any atom is 0.328 e. The lowest BCUT2D eigenvalue weighted by molar-refractivity contribution is -0.140. The van der Waals surface area contributed by atoms with Gasteiger partial charge in [-0.3, -0.25) is 0 Å². The van der Waals surface area contributed by atoms with Gasteiger partial charge in [-0.15, -0.1) is 10.2 Å². The van der Waals surface area contributed by atoms with Crippen molar-refractivity contribution in [2.75, 3.05) is 0 Å². The first kappa shape index (κ1) is 13.5.